The molecule has 0 aliphatic heterocycles. The molecule has 0 bridgehead atoms. The zero-order valence-corrected chi connectivity index (χ0v) is 9.09. The molecule has 0 aliphatic rings. The number of anilines is 1. The predicted octanol–water partition coefficient (Wildman–Crippen LogP) is 2.33. The molecule has 0 saturated heterocycles. The van der Waals surface area contributed by atoms with E-state index in [-0.39, 0.29) is 11.8 Å². The summed E-state index contributed by atoms with van der Waals surface area (Å²) in [5.74, 6) is -0.482. The number of oxime groups is 1. The van der Waals surface area contributed by atoms with Gasteiger partial charge in [-0.1, -0.05) is 16.8 Å². The lowest BCUT2D eigenvalue weighted by Crippen LogP contribution is -2.13. The van der Waals surface area contributed by atoms with Gasteiger partial charge in [0.2, 0.25) is 5.91 Å². The van der Waals surface area contributed by atoms with E-state index in [1.54, 1.807) is 18.2 Å². The summed E-state index contributed by atoms with van der Waals surface area (Å²) >= 11 is 11.1. The van der Waals surface area contributed by atoms with Crippen molar-refractivity contribution in [3.63, 3.8) is 0 Å². The van der Waals surface area contributed by atoms with Gasteiger partial charge in [0.05, 0.1) is 6.21 Å². The number of nitrogens with zero attached hydrogens (tertiary/aromatic N) is 1. The summed E-state index contributed by atoms with van der Waals surface area (Å²) in [6.07, 6.45) is 1.18. The summed E-state index contributed by atoms with van der Waals surface area (Å²) < 4.78 is 0. The topological polar surface area (TPSA) is 61.7 Å². The SMILES string of the molecule is O=C(CCl)Nc1ccc(Cl)cc1C=NO. The molecule has 0 atom stereocenters. The van der Waals surface area contributed by atoms with E-state index in [1.165, 1.54) is 6.21 Å². The maximum absolute atomic E-state index is 11.0. The lowest BCUT2D eigenvalue weighted by atomic mass is 10.2. The minimum atomic E-state index is -0.341. The van der Waals surface area contributed by atoms with Crippen LogP contribution in [0.4, 0.5) is 5.69 Å². The van der Waals surface area contributed by atoms with E-state index in [9.17, 15) is 4.79 Å². The van der Waals surface area contributed by atoms with Gasteiger partial charge in [-0.3, -0.25) is 4.79 Å². The second kappa shape index (κ2) is 5.58. The van der Waals surface area contributed by atoms with Crippen molar-refractivity contribution in [3.8, 4) is 0 Å². The maximum Gasteiger partial charge on any atom is 0.239 e. The van der Waals surface area contributed by atoms with Gasteiger partial charge >= 0.3 is 0 Å². The van der Waals surface area contributed by atoms with E-state index in [2.05, 4.69) is 10.5 Å². The van der Waals surface area contributed by atoms with E-state index in [1.807, 2.05) is 0 Å². The van der Waals surface area contributed by atoms with Gasteiger partial charge in [0, 0.05) is 16.3 Å². The van der Waals surface area contributed by atoms with Gasteiger partial charge in [0.15, 0.2) is 0 Å². The number of rotatable bonds is 3. The van der Waals surface area contributed by atoms with Crippen molar-refractivity contribution in [2.24, 2.45) is 5.16 Å². The van der Waals surface area contributed by atoms with Crippen LogP contribution in [-0.2, 0) is 4.79 Å². The van der Waals surface area contributed by atoms with E-state index in [4.69, 9.17) is 28.4 Å². The van der Waals surface area contributed by atoms with E-state index < -0.39 is 0 Å². The molecule has 0 aliphatic carbocycles. The average Bonchev–Trinajstić information content (AvgIpc) is 2.22. The van der Waals surface area contributed by atoms with Crippen LogP contribution in [0.5, 0.6) is 0 Å². The average molecular weight is 247 g/mol. The third-order valence-corrected chi connectivity index (χ3v) is 2.08. The normalized spacial score (nSPS) is 10.5. The molecule has 0 radical (unpaired) electrons. The molecule has 0 aromatic heterocycles. The quantitative estimate of drug-likeness (QED) is 0.372. The standard InChI is InChI=1S/C9H8Cl2N2O2/c10-4-9(14)13-8-2-1-7(11)3-6(8)5-12-15/h1-3,5,15H,4H2,(H,13,14). The molecule has 0 fully saturated rings. The van der Waals surface area contributed by atoms with Gasteiger partial charge < -0.3 is 10.5 Å². The fraction of sp³-hybridized carbons (Fsp3) is 0.111. The van der Waals surface area contributed by atoms with Crippen LogP contribution in [0, 0.1) is 0 Å². The van der Waals surface area contributed by atoms with Crippen LogP contribution in [0.2, 0.25) is 5.02 Å². The Morgan fingerprint density at radius 2 is 2.33 bits per heavy atom. The molecule has 4 nitrogen and oxygen atoms in total. The van der Waals surface area contributed by atoms with Gasteiger partial charge in [-0.15, -0.1) is 11.6 Å². The van der Waals surface area contributed by atoms with E-state index in [0.29, 0.717) is 16.3 Å². The largest absolute Gasteiger partial charge is 0.411 e. The molecule has 80 valence electrons. The van der Waals surface area contributed by atoms with Gasteiger partial charge in [0.25, 0.3) is 0 Å². The Hall–Kier alpha value is -1.26. The molecule has 2 N–H and O–H groups in total. The summed E-state index contributed by atoms with van der Waals surface area (Å²) in [6, 6.07) is 4.77. The molecule has 6 heteroatoms. The van der Waals surface area contributed by atoms with Crippen molar-refractivity contribution in [2.45, 2.75) is 0 Å². The molecule has 0 heterocycles. The highest BCUT2D eigenvalue weighted by atomic mass is 35.5. The second-order valence-electron chi connectivity index (χ2n) is 2.66. The first-order valence-electron chi connectivity index (χ1n) is 4.00. The monoisotopic (exact) mass is 246 g/mol. The highest BCUT2D eigenvalue weighted by Gasteiger charge is 2.05. The lowest BCUT2D eigenvalue weighted by Gasteiger charge is -2.06. The molecule has 1 aromatic rings. The smallest absolute Gasteiger partial charge is 0.239 e. The van der Waals surface area contributed by atoms with Crippen LogP contribution in [0.3, 0.4) is 0 Å². The molecule has 15 heavy (non-hydrogen) atoms. The zero-order chi connectivity index (χ0) is 11.3. The second-order valence-corrected chi connectivity index (χ2v) is 3.36. The molecule has 1 rings (SSSR count). The Balaban J connectivity index is 3.00. The fourth-order valence-electron chi connectivity index (χ4n) is 1.00. The highest BCUT2D eigenvalue weighted by molar-refractivity contribution is 6.31. The summed E-state index contributed by atoms with van der Waals surface area (Å²) in [5.41, 5.74) is 0.992. The van der Waals surface area contributed by atoms with E-state index >= 15 is 0 Å². The van der Waals surface area contributed by atoms with Crippen LogP contribution >= 0.6 is 23.2 Å². The summed E-state index contributed by atoms with van der Waals surface area (Å²) in [7, 11) is 0. The molecular formula is C9H8Cl2N2O2. The minimum Gasteiger partial charge on any atom is -0.411 e. The Bertz CT molecular complexity index is 394. The van der Waals surface area contributed by atoms with Gasteiger partial charge in [-0.05, 0) is 18.2 Å². The Morgan fingerprint density at radius 3 is 2.93 bits per heavy atom. The van der Waals surface area contributed by atoms with Crippen LogP contribution in [0.1, 0.15) is 5.56 Å². The Morgan fingerprint density at radius 1 is 1.60 bits per heavy atom. The van der Waals surface area contributed by atoms with Crippen LogP contribution in [-0.4, -0.2) is 23.2 Å². The highest BCUT2D eigenvalue weighted by Crippen LogP contribution is 2.19. The summed E-state index contributed by atoms with van der Waals surface area (Å²) in [6.45, 7) is 0. The van der Waals surface area contributed by atoms with Crippen molar-refractivity contribution < 1.29 is 10.0 Å². The van der Waals surface area contributed by atoms with Crippen molar-refractivity contribution in [2.75, 3.05) is 11.2 Å². The van der Waals surface area contributed by atoms with Crippen LogP contribution in [0.25, 0.3) is 0 Å². The summed E-state index contributed by atoms with van der Waals surface area (Å²) in [5, 5.41) is 14.3. The van der Waals surface area contributed by atoms with Gasteiger partial charge in [-0.25, -0.2) is 0 Å². The van der Waals surface area contributed by atoms with Crippen molar-refractivity contribution in [3.05, 3.63) is 28.8 Å². The van der Waals surface area contributed by atoms with Crippen LogP contribution in [0.15, 0.2) is 23.4 Å². The number of alkyl halides is 1. The maximum atomic E-state index is 11.0. The van der Waals surface area contributed by atoms with Crippen LogP contribution < -0.4 is 5.32 Å². The predicted molar refractivity (Wildman–Crippen MR) is 60.2 cm³/mol. The number of carbonyl (C=O) groups excluding carboxylic acids is 1. The van der Waals surface area contributed by atoms with Crippen molar-refractivity contribution >= 4 is 41.0 Å². The summed E-state index contributed by atoms with van der Waals surface area (Å²) in [4.78, 5) is 11.0. The third-order valence-electron chi connectivity index (χ3n) is 1.61. The molecular weight excluding hydrogens is 239 g/mol. The molecule has 0 saturated carbocycles. The number of hydrogen-bond acceptors (Lipinski definition) is 3. The van der Waals surface area contributed by atoms with Crippen molar-refractivity contribution in [1.82, 2.24) is 0 Å². The number of hydrogen-bond donors (Lipinski definition) is 2. The van der Waals surface area contributed by atoms with Gasteiger partial charge in [-0.2, -0.15) is 0 Å². The first-order valence-corrected chi connectivity index (χ1v) is 4.91. The molecule has 0 spiro atoms. The Labute approximate surface area is 96.5 Å². The lowest BCUT2D eigenvalue weighted by molar-refractivity contribution is -0.113. The number of benzene rings is 1. The first kappa shape index (κ1) is 11.8. The Kier molecular flexibility index (Phi) is 4.39. The number of halogens is 2. The molecule has 1 amide bonds. The fourth-order valence-corrected chi connectivity index (χ4v) is 1.25. The minimum absolute atomic E-state index is 0.141. The zero-order valence-electron chi connectivity index (χ0n) is 7.58. The molecule has 0 unspecified atom stereocenters. The van der Waals surface area contributed by atoms with E-state index in [0.717, 1.165) is 0 Å². The number of nitrogens with one attached hydrogen (secondary N) is 1. The molecule has 1 aromatic carbocycles. The first-order chi connectivity index (χ1) is 7.17. The number of carbonyl (C=O) groups is 1. The van der Waals surface area contributed by atoms with Crippen molar-refractivity contribution in [1.29, 1.82) is 0 Å². The van der Waals surface area contributed by atoms with Gasteiger partial charge in [0.1, 0.15) is 5.88 Å². The number of amides is 1. The third kappa shape index (κ3) is 3.42.